The average Bonchev–Trinajstić information content (AvgIpc) is 2.01. The summed E-state index contributed by atoms with van der Waals surface area (Å²) in [7, 11) is 3.89. The van der Waals surface area contributed by atoms with Crippen LogP contribution in [-0.2, 0) is 4.74 Å². The molecule has 0 aromatic rings. The second kappa shape index (κ2) is 5.69. The van der Waals surface area contributed by atoms with Gasteiger partial charge in [-0.25, -0.2) is 0 Å². The fourth-order valence-electron chi connectivity index (χ4n) is 0.973. The maximum Gasteiger partial charge on any atom is 0.0618 e. The summed E-state index contributed by atoms with van der Waals surface area (Å²) in [4.78, 5) is 2.31. The molecule has 0 amide bonds. The van der Waals surface area contributed by atoms with Gasteiger partial charge in [-0.1, -0.05) is 13.8 Å². The lowest BCUT2D eigenvalue weighted by Crippen LogP contribution is -2.47. The fourth-order valence-corrected chi connectivity index (χ4v) is 0.973. The third-order valence-corrected chi connectivity index (χ3v) is 1.80. The highest BCUT2D eigenvalue weighted by atomic mass is 16.5. The van der Waals surface area contributed by atoms with E-state index >= 15 is 0 Å². The lowest BCUT2D eigenvalue weighted by atomic mass is 10.1. The number of ether oxygens (including phenoxy) is 1. The Morgan fingerprint density at radius 2 is 2.10 bits per heavy atom. The minimum absolute atomic E-state index is 0.708. The molecule has 10 heavy (non-hydrogen) atoms. The molecule has 0 radical (unpaired) electrons. The van der Waals surface area contributed by atoms with Gasteiger partial charge in [-0.05, 0) is 20.0 Å². The van der Waals surface area contributed by atoms with Crippen LogP contribution in [0.15, 0.2) is 0 Å². The van der Waals surface area contributed by atoms with E-state index in [2.05, 4.69) is 11.9 Å². The van der Waals surface area contributed by atoms with Crippen molar-refractivity contribution < 1.29 is 4.74 Å². The first-order valence-electron chi connectivity index (χ1n) is 4.04. The largest absolute Gasteiger partial charge is 0.383 e. The van der Waals surface area contributed by atoms with Crippen LogP contribution in [0.5, 0.6) is 0 Å². The highest BCUT2D eigenvalue weighted by molar-refractivity contribution is 4.78. The van der Waals surface area contributed by atoms with Gasteiger partial charge in [0.2, 0.25) is 0 Å². The van der Waals surface area contributed by atoms with Gasteiger partial charge in [-0.15, -0.1) is 0 Å². The second-order valence-corrected chi connectivity index (χ2v) is 2.38. The summed E-state index contributed by atoms with van der Waals surface area (Å²) in [5.74, 6) is 0. The number of likely N-dealkylation sites (N-methyl/N-ethyl adjacent to an activating group) is 1. The Bertz CT molecular complexity index is 75.7. The van der Waals surface area contributed by atoms with Gasteiger partial charge >= 0.3 is 0 Å². The number of nitrogens with zero attached hydrogens (tertiary/aromatic N) is 1. The number of hydrogen-bond acceptors (Lipinski definition) is 2. The molecule has 2 heteroatoms. The molecular weight excluding hydrogens is 126 g/mol. The maximum atomic E-state index is 4.97. The summed E-state index contributed by atoms with van der Waals surface area (Å²) in [5, 5.41) is 0. The number of methoxy groups -OCH3 is 1. The highest BCUT2D eigenvalue weighted by Crippen LogP contribution is 2.13. The van der Waals surface area contributed by atoms with Crippen LogP contribution in [0, 0.1) is 0 Å². The zero-order valence-corrected chi connectivity index (χ0v) is 7.55. The smallest absolute Gasteiger partial charge is 0.0618 e. The standard InChI is InChI=1S/C6H13NO.C2H6/c1-7-4-3-6(7)5-8-2;1-2/h6H,3-5H2,1-2H3;1-2H3/t6-;/m1./s1. The molecule has 1 fully saturated rings. The first-order chi connectivity index (χ1) is 4.84. The molecule has 1 aliphatic heterocycles. The molecular formula is C8H19NO. The van der Waals surface area contributed by atoms with E-state index in [1.165, 1.54) is 13.0 Å². The van der Waals surface area contributed by atoms with Gasteiger partial charge in [0.25, 0.3) is 0 Å². The van der Waals surface area contributed by atoms with Gasteiger partial charge in [0, 0.05) is 13.2 Å². The van der Waals surface area contributed by atoms with E-state index in [9.17, 15) is 0 Å². The molecule has 0 spiro atoms. The van der Waals surface area contributed by atoms with Crippen LogP contribution in [0.3, 0.4) is 0 Å². The molecule has 2 nitrogen and oxygen atoms in total. The van der Waals surface area contributed by atoms with Crippen molar-refractivity contribution in [1.82, 2.24) is 4.90 Å². The predicted molar refractivity (Wildman–Crippen MR) is 44.3 cm³/mol. The summed E-state index contributed by atoms with van der Waals surface area (Å²) in [6.45, 7) is 6.14. The van der Waals surface area contributed by atoms with Crippen LogP contribution in [0.2, 0.25) is 0 Å². The van der Waals surface area contributed by atoms with Crippen molar-refractivity contribution in [3.05, 3.63) is 0 Å². The Hall–Kier alpha value is -0.0800. The fraction of sp³-hybridized carbons (Fsp3) is 1.00. The van der Waals surface area contributed by atoms with Crippen LogP contribution in [0.4, 0.5) is 0 Å². The van der Waals surface area contributed by atoms with Gasteiger partial charge in [0.05, 0.1) is 6.61 Å². The third kappa shape index (κ3) is 2.67. The van der Waals surface area contributed by atoms with Crippen LogP contribution in [0.1, 0.15) is 20.3 Å². The van der Waals surface area contributed by atoms with E-state index in [4.69, 9.17) is 4.74 Å². The highest BCUT2D eigenvalue weighted by Gasteiger charge is 2.22. The first-order valence-corrected chi connectivity index (χ1v) is 4.04. The topological polar surface area (TPSA) is 12.5 Å². The average molecular weight is 145 g/mol. The van der Waals surface area contributed by atoms with Gasteiger partial charge in [-0.3, -0.25) is 0 Å². The van der Waals surface area contributed by atoms with Crippen molar-refractivity contribution in [2.45, 2.75) is 26.3 Å². The summed E-state index contributed by atoms with van der Waals surface area (Å²) < 4.78 is 4.97. The molecule has 0 aromatic carbocycles. The van der Waals surface area contributed by atoms with Crippen molar-refractivity contribution in [2.75, 3.05) is 27.3 Å². The Morgan fingerprint density at radius 1 is 1.50 bits per heavy atom. The van der Waals surface area contributed by atoms with Crippen LogP contribution in [-0.4, -0.2) is 38.3 Å². The van der Waals surface area contributed by atoms with E-state index in [1.54, 1.807) is 7.11 Å². The zero-order chi connectivity index (χ0) is 7.98. The van der Waals surface area contributed by atoms with E-state index in [0.29, 0.717) is 6.04 Å². The molecule has 0 bridgehead atoms. The van der Waals surface area contributed by atoms with E-state index in [1.807, 2.05) is 13.8 Å². The molecule has 1 atom stereocenters. The van der Waals surface area contributed by atoms with Gasteiger partial charge in [0.1, 0.15) is 0 Å². The Balaban J connectivity index is 0.000000371. The molecule has 1 aliphatic rings. The van der Waals surface area contributed by atoms with Crippen molar-refractivity contribution >= 4 is 0 Å². The van der Waals surface area contributed by atoms with E-state index in [0.717, 1.165) is 6.61 Å². The minimum Gasteiger partial charge on any atom is -0.383 e. The normalized spacial score (nSPS) is 24.6. The van der Waals surface area contributed by atoms with Crippen LogP contribution >= 0.6 is 0 Å². The van der Waals surface area contributed by atoms with Crippen molar-refractivity contribution in [2.24, 2.45) is 0 Å². The first kappa shape index (κ1) is 9.92. The molecule has 1 saturated heterocycles. The maximum absolute atomic E-state index is 4.97. The van der Waals surface area contributed by atoms with Crippen molar-refractivity contribution in [3.8, 4) is 0 Å². The lowest BCUT2D eigenvalue weighted by Gasteiger charge is -2.37. The molecule has 0 saturated carbocycles. The Labute approximate surface area is 64.2 Å². The molecule has 1 rings (SSSR count). The molecule has 1 heterocycles. The molecule has 0 aliphatic carbocycles. The van der Waals surface area contributed by atoms with E-state index < -0.39 is 0 Å². The van der Waals surface area contributed by atoms with E-state index in [-0.39, 0.29) is 0 Å². The summed E-state index contributed by atoms with van der Waals surface area (Å²) >= 11 is 0. The summed E-state index contributed by atoms with van der Waals surface area (Å²) in [5.41, 5.74) is 0. The summed E-state index contributed by atoms with van der Waals surface area (Å²) in [6, 6.07) is 0.708. The minimum atomic E-state index is 0.708. The van der Waals surface area contributed by atoms with Gasteiger partial charge < -0.3 is 9.64 Å². The van der Waals surface area contributed by atoms with Crippen LogP contribution < -0.4 is 0 Å². The Kier molecular flexibility index (Phi) is 5.64. The number of rotatable bonds is 2. The second-order valence-electron chi connectivity index (χ2n) is 2.38. The molecule has 0 unspecified atom stereocenters. The molecule has 62 valence electrons. The number of hydrogen-bond donors (Lipinski definition) is 0. The quantitative estimate of drug-likeness (QED) is 0.582. The van der Waals surface area contributed by atoms with Crippen LogP contribution in [0.25, 0.3) is 0 Å². The molecule has 0 N–H and O–H groups in total. The monoisotopic (exact) mass is 145 g/mol. The predicted octanol–water partition coefficient (Wildman–Crippen LogP) is 1.36. The summed E-state index contributed by atoms with van der Waals surface area (Å²) in [6.07, 6.45) is 1.31. The van der Waals surface area contributed by atoms with Gasteiger partial charge in [-0.2, -0.15) is 0 Å². The zero-order valence-electron chi connectivity index (χ0n) is 7.55. The van der Waals surface area contributed by atoms with Crippen molar-refractivity contribution in [1.29, 1.82) is 0 Å². The van der Waals surface area contributed by atoms with Crippen molar-refractivity contribution in [3.63, 3.8) is 0 Å². The SMILES string of the molecule is CC.COC[C@H]1CCN1C. The van der Waals surface area contributed by atoms with Gasteiger partial charge in [0.15, 0.2) is 0 Å². The molecule has 0 aromatic heterocycles. The lowest BCUT2D eigenvalue weighted by molar-refractivity contribution is 0.0439. The number of likely N-dealkylation sites (tertiary alicyclic amines) is 1. The third-order valence-electron chi connectivity index (χ3n) is 1.80. The Morgan fingerprint density at radius 3 is 2.20 bits per heavy atom.